The summed E-state index contributed by atoms with van der Waals surface area (Å²) in [6.45, 7) is 4.22. The lowest BCUT2D eigenvalue weighted by atomic mass is 10.0. The van der Waals surface area contributed by atoms with Gasteiger partial charge < -0.3 is 5.32 Å². The summed E-state index contributed by atoms with van der Waals surface area (Å²) in [5.41, 5.74) is 4.03. The van der Waals surface area contributed by atoms with Crippen molar-refractivity contribution in [3.63, 3.8) is 0 Å². The second kappa shape index (κ2) is 9.79. The van der Waals surface area contributed by atoms with E-state index in [1.165, 1.54) is 10.6 Å². The van der Waals surface area contributed by atoms with E-state index in [9.17, 15) is 13.2 Å². The SMILES string of the molecule is CCC(NC(=O)c1ccc(N(Cc2ccccc2C)S(C)(=O)=O)cc1)c1ccccc1. The van der Waals surface area contributed by atoms with Crippen molar-refractivity contribution in [1.82, 2.24) is 5.32 Å². The molecule has 0 aliphatic carbocycles. The first-order chi connectivity index (χ1) is 14.8. The molecule has 3 aromatic rings. The van der Waals surface area contributed by atoms with Crippen molar-refractivity contribution in [2.75, 3.05) is 10.6 Å². The molecule has 0 saturated carbocycles. The molecule has 6 heteroatoms. The lowest BCUT2D eigenvalue weighted by Gasteiger charge is -2.24. The molecule has 0 heterocycles. The van der Waals surface area contributed by atoms with Gasteiger partial charge in [-0.2, -0.15) is 0 Å². The zero-order chi connectivity index (χ0) is 22.4. The second-order valence-corrected chi connectivity index (χ2v) is 9.49. The van der Waals surface area contributed by atoms with Crippen LogP contribution in [0.2, 0.25) is 0 Å². The van der Waals surface area contributed by atoms with Gasteiger partial charge >= 0.3 is 0 Å². The summed E-state index contributed by atoms with van der Waals surface area (Å²) >= 11 is 0. The Morgan fingerprint density at radius 1 is 0.935 bits per heavy atom. The van der Waals surface area contributed by atoms with E-state index in [0.717, 1.165) is 23.1 Å². The topological polar surface area (TPSA) is 66.5 Å². The van der Waals surface area contributed by atoms with Crippen LogP contribution in [0.4, 0.5) is 5.69 Å². The average Bonchev–Trinajstić information content (AvgIpc) is 2.76. The number of hydrogen-bond acceptors (Lipinski definition) is 3. The molecule has 3 aromatic carbocycles. The van der Waals surface area contributed by atoms with Gasteiger partial charge in [0.05, 0.1) is 24.5 Å². The molecule has 0 bridgehead atoms. The van der Waals surface area contributed by atoms with Crippen molar-refractivity contribution >= 4 is 21.6 Å². The van der Waals surface area contributed by atoms with Crippen molar-refractivity contribution in [2.24, 2.45) is 0 Å². The van der Waals surface area contributed by atoms with Crippen LogP contribution in [0.3, 0.4) is 0 Å². The number of sulfonamides is 1. The van der Waals surface area contributed by atoms with Crippen molar-refractivity contribution < 1.29 is 13.2 Å². The van der Waals surface area contributed by atoms with Crippen LogP contribution in [-0.2, 0) is 16.6 Å². The van der Waals surface area contributed by atoms with Gasteiger partial charge in [-0.25, -0.2) is 8.42 Å². The molecule has 0 radical (unpaired) electrons. The summed E-state index contributed by atoms with van der Waals surface area (Å²) in [5.74, 6) is -0.188. The van der Waals surface area contributed by atoms with Gasteiger partial charge in [-0.3, -0.25) is 9.10 Å². The van der Waals surface area contributed by atoms with Crippen molar-refractivity contribution in [3.8, 4) is 0 Å². The smallest absolute Gasteiger partial charge is 0.251 e. The van der Waals surface area contributed by atoms with E-state index in [2.05, 4.69) is 5.32 Å². The Kier molecular flexibility index (Phi) is 7.13. The molecule has 3 rings (SSSR count). The first-order valence-corrected chi connectivity index (χ1v) is 12.1. The van der Waals surface area contributed by atoms with Crippen molar-refractivity contribution in [1.29, 1.82) is 0 Å². The number of aryl methyl sites for hydroxylation is 1. The van der Waals surface area contributed by atoms with Gasteiger partial charge in [0.1, 0.15) is 0 Å². The molecule has 31 heavy (non-hydrogen) atoms. The normalized spacial score (nSPS) is 12.2. The summed E-state index contributed by atoms with van der Waals surface area (Å²) in [4.78, 5) is 12.8. The third kappa shape index (κ3) is 5.73. The molecule has 0 aromatic heterocycles. The van der Waals surface area contributed by atoms with Crippen LogP contribution in [-0.4, -0.2) is 20.6 Å². The Hall–Kier alpha value is -3.12. The van der Waals surface area contributed by atoms with Crippen molar-refractivity contribution in [3.05, 3.63) is 101 Å². The minimum absolute atomic E-state index is 0.0815. The van der Waals surface area contributed by atoms with E-state index in [4.69, 9.17) is 0 Å². The van der Waals surface area contributed by atoms with Crippen LogP contribution in [0.25, 0.3) is 0 Å². The number of hydrogen-bond donors (Lipinski definition) is 1. The molecular formula is C25H28N2O3S. The Labute approximate surface area is 184 Å². The lowest BCUT2D eigenvalue weighted by Crippen LogP contribution is -2.30. The zero-order valence-corrected chi connectivity index (χ0v) is 18.9. The van der Waals surface area contributed by atoms with Gasteiger partial charge in [0.25, 0.3) is 5.91 Å². The highest BCUT2D eigenvalue weighted by molar-refractivity contribution is 7.92. The van der Waals surface area contributed by atoms with Crippen LogP contribution in [0.1, 0.15) is 46.4 Å². The quantitative estimate of drug-likeness (QED) is 0.549. The number of amides is 1. The number of nitrogens with one attached hydrogen (secondary N) is 1. The molecule has 1 atom stereocenters. The number of carbonyl (C=O) groups excluding carboxylic acids is 1. The van der Waals surface area contributed by atoms with E-state index >= 15 is 0 Å². The van der Waals surface area contributed by atoms with E-state index in [0.29, 0.717) is 11.3 Å². The largest absolute Gasteiger partial charge is 0.345 e. The molecule has 1 amide bonds. The minimum Gasteiger partial charge on any atom is -0.345 e. The van der Waals surface area contributed by atoms with Crippen LogP contribution in [0.15, 0.2) is 78.9 Å². The fraction of sp³-hybridized carbons (Fsp3) is 0.240. The van der Waals surface area contributed by atoms with E-state index in [1.807, 2.05) is 68.4 Å². The summed E-state index contributed by atoms with van der Waals surface area (Å²) in [5, 5.41) is 3.05. The predicted molar refractivity (Wildman–Crippen MR) is 126 cm³/mol. The summed E-state index contributed by atoms with van der Waals surface area (Å²) in [7, 11) is -3.49. The standard InChI is InChI=1S/C25H28N2O3S/c1-4-24(20-11-6-5-7-12-20)26-25(28)21-14-16-23(17-15-21)27(31(3,29)30)18-22-13-9-8-10-19(22)2/h5-17,24H,4,18H2,1-3H3,(H,26,28). The van der Waals surface area contributed by atoms with Gasteiger partial charge in [0.2, 0.25) is 10.0 Å². The highest BCUT2D eigenvalue weighted by Gasteiger charge is 2.20. The predicted octanol–water partition coefficient (Wildman–Crippen LogP) is 4.84. The molecule has 1 N–H and O–H groups in total. The molecule has 5 nitrogen and oxygen atoms in total. The fourth-order valence-electron chi connectivity index (χ4n) is 3.47. The van der Waals surface area contributed by atoms with E-state index in [1.54, 1.807) is 24.3 Å². The Morgan fingerprint density at radius 2 is 1.55 bits per heavy atom. The summed E-state index contributed by atoms with van der Waals surface area (Å²) in [6, 6.07) is 24.1. The van der Waals surface area contributed by atoms with Gasteiger partial charge in [-0.15, -0.1) is 0 Å². The Balaban J connectivity index is 1.79. The molecule has 0 saturated heterocycles. The number of anilines is 1. The van der Waals surface area contributed by atoms with Gasteiger partial charge in [0.15, 0.2) is 0 Å². The number of carbonyl (C=O) groups is 1. The maximum atomic E-state index is 12.8. The highest BCUT2D eigenvalue weighted by Crippen LogP contribution is 2.23. The van der Waals surface area contributed by atoms with Crippen LogP contribution < -0.4 is 9.62 Å². The molecule has 0 spiro atoms. The molecule has 0 fully saturated rings. The molecular weight excluding hydrogens is 408 g/mol. The van der Waals surface area contributed by atoms with Gasteiger partial charge in [-0.05, 0) is 54.3 Å². The van der Waals surface area contributed by atoms with Crippen LogP contribution in [0.5, 0.6) is 0 Å². The van der Waals surface area contributed by atoms with E-state index < -0.39 is 10.0 Å². The zero-order valence-electron chi connectivity index (χ0n) is 18.1. The van der Waals surface area contributed by atoms with E-state index in [-0.39, 0.29) is 18.5 Å². The number of rotatable bonds is 8. The monoisotopic (exact) mass is 436 g/mol. The molecule has 162 valence electrons. The van der Waals surface area contributed by atoms with Crippen LogP contribution >= 0.6 is 0 Å². The summed E-state index contributed by atoms with van der Waals surface area (Å²) < 4.78 is 26.3. The lowest BCUT2D eigenvalue weighted by molar-refractivity contribution is 0.0935. The Bertz CT molecular complexity index is 1130. The molecule has 0 aliphatic heterocycles. The van der Waals surface area contributed by atoms with Crippen LogP contribution in [0, 0.1) is 6.92 Å². The highest BCUT2D eigenvalue weighted by atomic mass is 32.2. The average molecular weight is 437 g/mol. The van der Waals surface area contributed by atoms with Crippen molar-refractivity contribution in [2.45, 2.75) is 32.9 Å². The van der Waals surface area contributed by atoms with Gasteiger partial charge in [-0.1, -0.05) is 61.5 Å². The third-order valence-electron chi connectivity index (χ3n) is 5.31. The second-order valence-electron chi connectivity index (χ2n) is 7.59. The molecule has 1 unspecified atom stereocenters. The first-order valence-electron chi connectivity index (χ1n) is 10.3. The Morgan fingerprint density at radius 3 is 2.13 bits per heavy atom. The third-order valence-corrected chi connectivity index (χ3v) is 6.45. The number of benzene rings is 3. The maximum Gasteiger partial charge on any atom is 0.251 e. The summed E-state index contributed by atoms with van der Waals surface area (Å²) in [6.07, 6.45) is 1.96. The fourth-order valence-corrected chi connectivity index (χ4v) is 4.35. The minimum atomic E-state index is -3.49. The first kappa shape index (κ1) is 22.6. The maximum absolute atomic E-state index is 12.8. The van der Waals surface area contributed by atoms with Gasteiger partial charge in [0, 0.05) is 5.56 Å². The molecule has 0 aliphatic rings. The number of nitrogens with zero attached hydrogens (tertiary/aromatic N) is 1.